The highest BCUT2D eigenvalue weighted by Crippen LogP contribution is 2.30. The van der Waals surface area contributed by atoms with Crippen molar-refractivity contribution in [1.82, 2.24) is 0 Å². The number of carbonyl (C=O) groups is 1. The first-order chi connectivity index (χ1) is 14.3. The van der Waals surface area contributed by atoms with Crippen molar-refractivity contribution >= 4 is 55.5 Å². The Morgan fingerprint density at radius 2 is 1.31 bits per heavy atom. The van der Waals surface area contributed by atoms with Gasteiger partial charge in [0, 0.05) is 21.6 Å². The summed E-state index contributed by atoms with van der Waals surface area (Å²) >= 11 is 1.31. The first-order valence-corrected chi connectivity index (χ1v) is 9.80. The molecule has 0 saturated heterocycles. The monoisotopic (exact) mass is 395 g/mol. The molecule has 0 aliphatic carbocycles. The van der Waals surface area contributed by atoms with Crippen molar-refractivity contribution in [3.63, 3.8) is 0 Å². The second-order valence-electron chi connectivity index (χ2n) is 6.48. The standard InChI is InChI=1S/C24H13NO3S/c26-14-20-16-10-4-6-12-18(16)21(19-13-7-5-11-17(19)20)23-28-24(27)25-22(29-23)15-8-2-1-3-9-15/h1-13H. The molecule has 138 valence electrons. The Morgan fingerprint density at radius 3 is 1.90 bits per heavy atom. The Balaban J connectivity index is 1.92. The van der Waals surface area contributed by atoms with Gasteiger partial charge in [0.2, 0.25) is 0 Å². The van der Waals surface area contributed by atoms with Crippen LogP contribution in [0.3, 0.4) is 0 Å². The van der Waals surface area contributed by atoms with E-state index < -0.39 is 6.09 Å². The van der Waals surface area contributed by atoms with E-state index in [4.69, 9.17) is 4.74 Å². The van der Waals surface area contributed by atoms with Gasteiger partial charge in [-0.05, 0) is 22.5 Å². The molecular formula is C24H13NO3S. The molecule has 0 spiro atoms. The van der Waals surface area contributed by atoms with Crippen LogP contribution in [0.2, 0.25) is 0 Å². The number of cyclic esters (lactones) is 1. The van der Waals surface area contributed by atoms with Crippen molar-refractivity contribution in [1.29, 1.82) is 0 Å². The number of thioether (sulfide) groups is 1. The number of carbonyl (C=O) groups excluding carboxylic acids is 2. The largest absolute Gasteiger partial charge is 0.440 e. The third-order valence-corrected chi connectivity index (χ3v) is 5.81. The number of fused-ring (bicyclic) bond motifs is 2. The first-order valence-electron chi connectivity index (χ1n) is 8.99. The lowest BCUT2D eigenvalue weighted by atomic mass is 9.99. The van der Waals surface area contributed by atoms with Gasteiger partial charge in [0.05, 0.1) is 5.22 Å². The average Bonchev–Trinajstić information content (AvgIpc) is 2.77. The molecule has 5 heteroatoms. The molecule has 0 fully saturated rings. The zero-order valence-corrected chi connectivity index (χ0v) is 15.9. The van der Waals surface area contributed by atoms with Crippen LogP contribution in [0, 0.1) is 0 Å². The zero-order valence-electron chi connectivity index (χ0n) is 15.1. The Labute approximate surface area is 169 Å². The van der Waals surface area contributed by atoms with Gasteiger partial charge < -0.3 is 4.74 Å². The molecule has 4 aromatic carbocycles. The first kappa shape index (κ1) is 17.4. The SMILES string of the molecule is O=C=c1c2ccccc2c(=C2OC(=O)N=C(c3ccccc3)S2)c2ccccc12. The van der Waals surface area contributed by atoms with E-state index in [2.05, 4.69) is 10.9 Å². The van der Waals surface area contributed by atoms with E-state index in [1.165, 1.54) is 11.8 Å². The van der Waals surface area contributed by atoms with E-state index in [-0.39, 0.29) is 0 Å². The molecule has 1 heterocycles. The molecule has 0 aromatic heterocycles. The van der Waals surface area contributed by atoms with Gasteiger partial charge in [0.15, 0.2) is 5.09 Å². The minimum atomic E-state index is -0.656. The van der Waals surface area contributed by atoms with Crippen molar-refractivity contribution in [3.05, 3.63) is 94.9 Å². The number of hydrogen-bond donors (Lipinski definition) is 0. The van der Waals surface area contributed by atoms with Gasteiger partial charge in [-0.15, -0.1) is 0 Å². The minimum Gasteiger partial charge on any atom is -0.400 e. The van der Waals surface area contributed by atoms with Gasteiger partial charge in [-0.3, -0.25) is 0 Å². The van der Waals surface area contributed by atoms with E-state index in [9.17, 15) is 9.59 Å². The van der Waals surface area contributed by atoms with Gasteiger partial charge in [0.1, 0.15) is 11.0 Å². The van der Waals surface area contributed by atoms with Crippen LogP contribution in [0.25, 0.3) is 26.6 Å². The molecule has 0 bridgehead atoms. The Hall–Kier alpha value is -3.66. The van der Waals surface area contributed by atoms with Crippen LogP contribution in [0.5, 0.6) is 0 Å². The number of hydrogen-bond acceptors (Lipinski definition) is 4. The van der Waals surface area contributed by atoms with Crippen LogP contribution in [-0.4, -0.2) is 17.1 Å². The summed E-state index contributed by atoms with van der Waals surface area (Å²) in [6.07, 6.45) is -0.656. The van der Waals surface area contributed by atoms with Crippen molar-refractivity contribution in [2.75, 3.05) is 0 Å². The van der Waals surface area contributed by atoms with E-state index in [0.717, 1.165) is 32.3 Å². The smallest absolute Gasteiger partial charge is 0.400 e. The highest BCUT2D eigenvalue weighted by Gasteiger charge is 2.22. The average molecular weight is 395 g/mol. The summed E-state index contributed by atoms with van der Waals surface area (Å²) < 4.78 is 5.57. The fourth-order valence-corrected chi connectivity index (χ4v) is 4.57. The van der Waals surface area contributed by atoms with Crippen molar-refractivity contribution in [2.45, 2.75) is 0 Å². The minimum absolute atomic E-state index is 0.453. The lowest BCUT2D eigenvalue weighted by Gasteiger charge is -2.16. The molecule has 29 heavy (non-hydrogen) atoms. The Morgan fingerprint density at radius 1 is 0.759 bits per heavy atom. The lowest BCUT2D eigenvalue weighted by molar-refractivity contribution is 0.204. The van der Waals surface area contributed by atoms with Gasteiger partial charge in [-0.2, -0.15) is 4.99 Å². The van der Waals surface area contributed by atoms with Crippen LogP contribution in [0.15, 0.2) is 83.9 Å². The van der Waals surface area contributed by atoms with E-state index >= 15 is 0 Å². The van der Waals surface area contributed by atoms with Gasteiger partial charge in [-0.25, -0.2) is 9.59 Å². The maximum atomic E-state index is 12.3. The van der Waals surface area contributed by atoms with Crippen molar-refractivity contribution in [2.24, 2.45) is 4.99 Å². The predicted molar refractivity (Wildman–Crippen MR) is 116 cm³/mol. The molecule has 1 amide bonds. The number of amides is 1. The van der Waals surface area contributed by atoms with Crippen LogP contribution in [-0.2, 0) is 9.53 Å². The Bertz CT molecular complexity index is 1410. The summed E-state index contributed by atoms with van der Waals surface area (Å²) in [4.78, 5) is 28.1. The predicted octanol–water partition coefficient (Wildman–Crippen LogP) is 3.89. The number of ether oxygens (including phenoxy) is 1. The number of aliphatic imine (C=N–C) groups is 1. The Kier molecular flexibility index (Phi) is 4.24. The molecule has 0 N–H and O–H groups in total. The second-order valence-corrected chi connectivity index (χ2v) is 7.45. The molecule has 5 rings (SSSR count). The number of nitrogens with zero attached hydrogens (tertiary/aromatic N) is 1. The van der Waals surface area contributed by atoms with Gasteiger partial charge in [-0.1, -0.05) is 78.9 Å². The molecule has 4 aromatic rings. The number of benzene rings is 4. The highest BCUT2D eigenvalue weighted by atomic mass is 32.2. The third kappa shape index (κ3) is 2.93. The van der Waals surface area contributed by atoms with Crippen molar-refractivity contribution < 1.29 is 14.3 Å². The van der Waals surface area contributed by atoms with Gasteiger partial charge in [0.25, 0.3) is 0 Å². The summed E-state index contributed by atoms with van der Waals surface area (Å²) in [7, 11) is 0. The molecule has 0 atom stereocenters. The van der Waals surface area contributed by atoms with Gasteiger partial charge >= 0.3 is 6.09 Å². The van der Waals surface area contributed by atoms with Crippen LogP contribution in [0.4, 0.5) is 4.79 Å². The van der Waals surface area contributed by atoms with Crippen LogP contribution < -0.4 is 10.4 Å². The molecule has 0 saturated carbocycles. The number of rotatable bonds is 1. The summed E-state index contributed by atoms with van der Waals surface area (Å²) in [5.41, 5.74) is 0.845. The maximum Gasteiger partial charge on any atom is 0.440 e. The third-order valence-electron chi connectivity index (χ3n) is 4.82. The second kappa shape index (κ2) is 7.06. The quantitative estimate of drug-likeness (QED) is 0.459. The van der Waals surface area contributed by atoms with E-state index in [0.29, 0.717) is 15.4 Å². The molecule has 1 aliphatic rings. The molecular weight excluding hydrogens is 382 g/mol. The van der Waals surface area contributed by atoms with Crippen LogP contribution >= 0.6 is 11.8 Å². The molecule has 0 unspecified atom stereocenters. The summed E-state index contributed by atoms with van der Waals surface area (Å²) in [5.74, 6) is 2.09. The summed E-state index contributed by atoms with van der Waals surface area (Å²) in [5, 5.41) is 5.50. The highest BCUT2D eigenvalue weighted by molar-refractivity contribution is 8.21. The molecule has 4 nitrogen and oxygen atoms in total. The fourth-order valence-electron chi connectivity index (χ4n) is 3.58. The molecule has 0 radical (unpaired) electrons. The van der Waals surface area contributed by atoms with Crippen LogP contribution in [0.1, 0.15) is 5.56 Å². The normalized spacial score (nSPS) is 13.9. The van der Waals surface area contributed by atoms with Crippen molar-refractivity contribution in [3.8, 4) is 0 Å². The van der Waals surface area contributed by atoms with E-state index in [1.54, 1.807) is 0 Å². The molecule has 1 aliphatic heterocycles. The van der Waals surface area contributed by atoms with E-state index in [1.807, 2.05) is 78.9 Å². The zero-order chi connectivity index (χ0) is 19.8. The fraction of sp³-hybridized carbons (Fsp3) is 0. The summed E-state index contributed by atoms with van der Waals surface area (Å²) in [6, 6.07) is 24.7. The summed E-state index contributed by atoms with van der Waals surface area (Å²) in [6.45, 7) is 0. The lowest BCUT2D eigenvalue weighted by Crippen LogP contribution is -2.21. The maximum absolute atomic E-state index is 12.3. The topological polar surface area (TPSA) is 55.7 Å².